The minimum atomic E-state index is -1.10. The average molecular weight is 612 g/mol. The van der Waals surface area contributed by atoms with Gasteiger partial charge in [-0.1, -0.05) is 19.9 Å². The van der Waals surface area contributed by atoms with Gasteiger partial charge in [-0.15, -0.1) is 0 Å². The minimum Gasteiger partial charge on any atom is -0.493 e. The Morgan fingerprint density at radius 2 is 1.49 bits per heavy atom. The Balaban J connectivity index is 0.00000196. The standard InChI is InChI=1S/C33H35N5O5.C2H6/c1-41-29-19-26-27(20-30(29)42-2)35-15-10-28(26)43-25-5-3-4-23(18-25)37-32(40)33(13-14-33)31(39)36-22-6-8-24(9-7-22)38-16-11-21(34)12-17-38;1-2/h3-10,15,18-21H,11-14,16-17,34H2,1-2H3,(H,36,39)(H,37,40);1-2H3. The summed E-state index contributed by atoms with van der Waals surface area (Å²) < 4.78 is 17.0. The van der Waals surface area contributed by atoms with Gasteiger partial charge in [0.05, 0.1) is 19.7 Å². The molecule has 45 heavy (non-hydrogen) atoms. The quantitative estimate of drug-likeness (QED) is 0.187. The van der Waals surface area contributed by atoms with Gasteiger partial charge in [0.15, 0.2) is 11.5 Å². The van der Waals surface area contributed by atoms with E-state index >= 15 is 0 Å². The number of fused-ring (bicyclic) bond motifs is 1. The number of carbonyl (C=O) groups excluding carboxylic acids is 2. The summed E-state index contributed by atoms with van der Waals surface area (Å²) in [5.74, 6) is 1.58. The van der Waals surface area contributed by atoms with E-state index in [0.717, 1.165) is 37.0 Å². The van der Waals surface area contributed by atoms with Crippen molar-refractivity contribution >= 4 is 39.8 Å². The summed E-state index contributed by atoms with van der Waals surface area (Å²) in [7, 11) is 3.15. The molecule has 1 aliphatic carbocycles. The van der Waals surface area contributed by atoms with Crippen LogP contribution in [-0.2, 0) is 9.59 Å². The number of amides is 2. The number of rotatable bonds is 9. The molecule has 0 bridgehead atoms. The number of pyridine rings is 1. The molecule has 10 heteroatoms. The monoisotopic (exact) mass is 611 g/mol. The van der Waals surface area contributed by atoms with E-state index in [1.807, 2.05) is 44.2 Å². The molecule has 1 saturated carbocycles. The molecule has 0 spiro atoms. The molecule has 2 heterocycles. The van der Waals surface area contributed by atoms with Gasteiger partial charge >= 0.3 is 0 Å². The fourth-order valence-electron chi connectivity index (χ4n) is 5.40. The zero-order chi connectivity index (χ0) is 32.0. The summed E-state index contributed by atoms with van der Waals surface area (Å²) in [6, 6.07) is 20.5. The summed E-state index contributed by atoms with van der Waals surface area (Å²) in [4.78, 5) is 33.3. The third-order valence-corrected chi connectivity index (χ3v) is 8.18. The van der Waals surface area contributed by atoms with Gasteiger partial charge in [-0.3, -0.25) is 14.6 Å². The van der Waals surface area contributed by atoms with Crippen LogP contribution in [0.2, 0.25) is 0 Å². The molecule has 2 amide bonds. The van der Waals surface area contributed by atoms with E-state index in [-0.39, 0.29) is 17.9 Å². The number of benzene rings is 3. The van der Waals surface area contributed by atoms with Crippen LogP contribution >= 0.6 is 0 Å². The first kappa shape index (κ1) is 31.6. The molecule has 1 aliphatic heterocycles. The van der Waals surface area contributed by atoms with Crippen LogP contribution in [0.25, 0.3) is 10.9 Å². The molecule has 0 atom stereocenters. The molecule has 2 fully saturated rings. The predicted octanol–water partition coefficient (Wildman–Crippen LogP) is 6.36. The van der Waals surface area contributed by atoms with Gasteiger partial charge in [0.25, 0.3) is 0 Å². The summed E-state index contributed by atoms with van der Waals surface area (Å²) in [6.07, 6.45) is 4.57. The van der Waals surface area contributed by atoms with E-state index in [9.17, 15) is 9.59 Å². The lowest BCUT2D eigenvalue weighted by Gasteiger charge is -2.32. The molecule has 0 unspecified atom stereocenters. The summed E-state index contributed by atoms with van der Waals surface area (Å²) in [5, 5.41) is 6.60. The Kier molecular flexibility index (Phi) is 9.73. The number of carbonyl (C=O) groups is 2. The van der Waals surface area contributed by atoms with Crippen molar-refractivity contribution in [1.29, 1.82) is 0 Å². The zero-order valence-corrected chi connectivity index (χ0v) is 26.3. The molecule has 2 aliphatic rings. The second kappa shape index (κ2) is 13.9. The number of anilines is 3. The SMILES string of the molecule is CC.COc1cc2nccc(Oc3cccc(NC(=O)C4(C(=O)Nc5ccc(N6CCC(N)CC6)cc5)CC4)c3)c2cc1OC. The number of hydrogen-bond donors (Lipinski definition) is 3. The van der Waals surface area contributed by atoms with E-state index in [4.69, 9.17) is 19.9 Å². The second-order valence-electron chi connectivity index (χ2n) is 11.0. The number of nitrogens with two attached hydrogens (primary N) is 1. The van der Waals surface area contributed by atoms with Gasteiger partial charge in [-0.25, -0.2) is 0 Å². The number of aromatic nitrogens is 1. The van der Waals surface area contributed by atoms with Gasteiger partial charge in [0.1, 0.15) is 16.9 Å². The first-order chi connectivity index (χ1) is 21.9. The maximum atomic E-state index is 13.3. The Morgan fingerprint density at radius 1 is 0.844 bits per heavy atom. The normalized spacial score (nSPS) is 15.4. The highest BCUT2D eigenvalue weighted by molar-refractivity contribution is 6.17. The highest BCUT2D eigenvalue weighted by atomic mass is 16.5. The second-order valence-corrected chi connectivity index (χ2v) is 11.0. The van der Waals surface area contributed by atoms with Gasteiger partial charge in [0.2, 0.25) is 11.8 Å². The lowest BCUT2D eigenvalue weighted by atomic mass is 10.0. The average Bonchev–Trinajstić information content (AvgIpc) is 3.89. The van der Waals surface area contributed by atoms with Crippen molar-refractivity contribution in [3.05, 3.63) is 72.9 Å². The van der Waals surface area contributed by atoms with Crippen molar-refractivity contribution in [3.63, 3.8) is 0 Å². The number of nitrogens with zero attached hydrogens (tertiary/aromatic N) is 2. The fraction of sp³-hybridized carbons (Fsp3) is 0.343. The summed E-state index contributed by atoms with van der Waals surface area (Å²) >= 11 is 0. The van der Waals surface area contributed by atoms with Crippen molar-refractivity contribution in [1.82, 2.24) is 4.98 Å². The minimum absolute atomic E-state index is 0.266. The van der Waals surface area contributed by atoms with E-state index in [1.165, 1.54) is 0 Å². The largest absolute Gasteiger partial charge is 0.493 e. The number of piperidine rings is 1. The number of ether oxygens (including phenoxy) is 3. The molecule has 236 valence electrons. The van der Waals surface area contributed by atoms with Crippen molar-refractivity contribution in [3.8, 4) is 23.0 Å². The van der Waals surface area contributed by atoms with E-state index in [0.29, 0.717) is 52.7 Å². The molecule has 0 radical (unpaired) electrons. The molecule has 4 aromatic rings. The highest BCUT2D eigenvalue weighted by Gasteiger charge is 2.56. The molecule has 3 aromatic carbocycles. The van der Waals surface area contributed by atoms with Crippen molar-refractivity contribution in [2.75, 3.05) is 42.8 Å². The predicted molar refractivity (Wildman–Crippen MR) is 178 cm³/mol. The first-order valence-corrected chi connectivity index (χ1v) is 15.4. The summed E-state index contributed by atoms with van der Waals surface area (Å²) in [5.41, 5.74) is 7.91. The van der Waals surface area contributed by atoms with Crippen LogP contribution in [-0.4, -0.2) is 50.1 Å². The third-order valence-electron chi connectivity index (χ3n) is 8.18. The van der Waals surface area contributed by atoms with Crippen LogP contribution in [0.1, 0.15) is 39.5 Å². The van der Waals surface area contributed by atoms with Crippen LogP contribution in [0, 0.1) is 5.41 Å². The Morgan fingerprint density at radius 3 is 2.13 bits per heavy atom. The van der Waals surface area contributed by atoms with Gasteiger partial charge < -0.3 is 35.5 Å². The third kappa shape index (κ3) is 6.96. The maximum Gasteiger partial charge on any atom is 0.240 e. The lowest BCUT2D eigenvalue weighted by molar-refractivity contribution is -0.131. The number of nitrogens with one attached hydrogen (secondary N) is 2. The molecule has 1 aromatic heterocycles. The van der Waals surface area contributed by atoms with Crippen LogP contribution < -0.4 is 35.5 Å². The van der Waals surface area contributed by atoms with Crippen LogP contribution in [0.15, 0.2) is 72.9 Å². The summed E-state index contributed by atoms with van der Waals surface area (Å²) in [6.45, 7) is 5.84. The van der Waals surface area contributed by atoms with Gasteiger partial charge in [0, 0.05) is 59.9 Å². The lowest BCUT2D eigenvalue weighted by Crippen LogP contribution is -2.39. The van der Waals surface area contributed by atoms with Crippen molar-refractivity contribution < 1.29 is 23.8 Å². The highest BCUT2D eigenvalue weighted by Crippen LogP contribution is 2.48. The molecule has 6 rings (SSSR count). The Hall–Kier alpha value is -4.83. The first-order valence-electron chi connectivity index (χ1n) is 15.4. The van der Waals surface area contributed by atoms with Gasteiger partial charge in [-0.05, 0) is 74.2 Å². The molecular formula is C35H41N5O5. The molecule has 10 nitrogen and oxygen atoms in total. The van der Waals surface area contributed by atoms with Crippen LogP contribution in [0.3, 0.4) is 0 Å². The van der Waals surface area contributed by atoms with Crippen LogP contribution in [0.5, 0.6) is 23.0 Å². The van der Waals surface area contributed by atoms with Crippen molar-refractivity contribution in [2.45, 2.75) is 45.6 Å². The topological polar surface area (TPSA) is 128 Å². The zero-order valence-electron chi connectivity index (χ0n) is 26.3. The Labute approximate surface area is 263 Å². The Bertz CT molecular complexity index is 1650. The molecule has 4 N–H and O–H groups in total. The molecule has 1 saturated heterocycles. The van der Waals surface area contributed by atoms with Gasteiger partial charge in [-0.2, -0.15) is 0 Å². The van der Waals surface area contributed by atoms with E-state index in [1.54, 1.807) is 56.8 Å². The van der Waals surface area contributed by atoms with E-state index in [2.05, 4.69) is 20.5 Å². The van der Waals surface area contributed by atoms with Crippen LogP contribution in [0.4, 0.5) is 17.1 Å². The van der Waals surface area contributed by atoms with E-state index < -0.39 is 5.41 Å². The van der Waals surface area contributed by atoms with Crippen molar-refractivity contribution in [2.24, 2.45) is 11.1 Å². The number of methoxy groups -OCH3 is 2. The maximum absolute atomic E-state index is 13.3. The molecular weight excluding hydrogens is 570 g/mol. The smallest absolute Gasteiger partial charge is 0.240 e. The number of hydrogen-bond acceptors (Lipinski definition) is 8. The fourth-order valence-corrected chi connectivity index (χ4v) is 5.40.